The molecule has 0 saturated carbocycles. The van der Waals surface area contributed by atoms with Gasteiger partial charge in [-0.15, -0.1) is 0 Å². The lowest BCUT2D eigenvalue weighted by molar-refractivity contribution is 0.262. The number of nitrogens with two attached hydrogens (primary N) is 1. The predicted octanol–water partition coefficient (Wildman–Crippen LogP) is 4.25. The lowest BCUT2D eigenvalue weighted by Gasteiger charge is -2.15. The monoisotopic (exact) mass is 544 g/mol. The molecule has 0 aliphatic heterocycles. The van der Waals surface area contributed by atoms with Gasteiger partial charge in [0, 0.05) is 42.4 Å². The zero-order valence-electron chi connectivity index (χ0n) is 22.1. The van der Waals surface area contributed by atoms with E-state index in [-0.39, 0.29) is 12.0 Å². The lowest BCUT2D eigenvalue weighted by Crippen LogP contribution is -2.26. The van der Waals surface area contributed by atoms with Crippen LogP contribution in [0.15, 0.2) is 76.8 Å². The molecule has 2 amide bonds. The first-order chi connectivity index (χ1) is 18.7. The first-order valence-electron chi connectivity index (χ1n) is 11.9. The number of thiocarbonyl (C=S) groups is 1. The summed E-state index contributed by atoms with van der Waals surface area (Å²) < 4.78 is 0. The van der Waals surface area contributed by atoms with Gasteiger partial charge in [0.25, 0.3) is 0 Å². The Morgan fingerprint density at radius 3 is 2.21 bits per heavy atom. The van der Waals surface area contributed by atoms with Gasteiger partial charge < -0.3 is 32.3 Å². The molecule has 0 atom stereocenters. The number of hydrogen-bond donors (Lipinski definition) is 8. The van der Waals surface area contributed by atoms with Crippen molar-refractivity contribution in [2.45, 2.75) is 13.8 Å². The van der Waals surface area contributed by atoms with Crippen LogP contribution >= 0.6 is 12.2 Å². The Kier molecular flexibility index (Phi) is 9.93. The second kappa shape index (κ2) is 13.5. The molecule has 0 heterocycles. The summed E-state index contributed by atoms with van der Waals surface area (Å²) in [4.78, 5) is 16.8. The summed E-state index contributed by atoms with van der Waals surface area (Å²) in [6.07, 6.45) is 0. The molecule has 0 spiro atoms. The molecular formula is C27H32N10OS. The summed E-state index contributed by atoms with van der Waals surface area (Å²) in [5.74, 6) is 0.523. The van der Waals surface area contributed by atoms with Gasteiger partial charge in [0.2, 0.25) is 5.96 Å². The molecule has 202 valence electrons. The van der Waals surface area contributed by atoms with Crippen molar-refractivity contribution in [1.82, 2.24) is 10.7 Å². The Morgan fingerprint density at radius 1 is 0.897 bits per heavy atom. The van der Waals surface area contributed by atoms with Crippen LogP contribution in [-0.2, 0) is 0 Å². The Morgan fingerprint density at radius 2 is 1.56 bits per heavy atom. The summed E-state index contributed by atoms with van der Waals surface area (Å²) in [7, 11) is 3.52. The van der Waals surface area contributed by atoms with E-state index < -0.39 is 0 Å². The number of amides is 2. The van der Waals surface area contributed by atoms with Crippen molar-refractivity contribution < 1.29 is 4.79 Å². The van der Waals surface area contributed by atoms with Gasteiger partial charge in [-0.05, 0) is 85.7 Å². The SMILES string of the molecule is C/N=C(\NC)c1ccc(NC(=O)Nc2cc(NC(=S)Nc3cccc(/C(C)=N/NC(=N)N)c3)ccc2C)cc1. The summed E-state index contributed by atoms with van der Waals surface area (Å²) >= 11 is 5.49. The lowest BCUT2D eigenvalue weighted by atomic mass is 10.1. The molecule has 0 fully saturated rings. The van der Waals surface area contributed by atoms with E-state index >= 15 is 0 Å². The van der Waals surface area contributed by atoms with E-state index in [4.69, 9.17) is 23.4 Å². The molecule has 39 heavy (non-hydrogen) atoms. The first-order valence-corrected chi connectivity index (χ1v) is 12.4. The Balaban J connectivity index is 1.62. The third kappa shape index (κ3) is 8.54. The number of nitrogens with zero attached hydrogens (tertiary/aromatic N) is 2. The van der Waals surface area contributed by atoms with Crippen LogP contribution in [-0.4, -0.2) is 42.7 Å². The van der Waals surface area contributed by atoms with E-state index in [0.29, 0.717) is 27.9 Å². The summed E-state index contributed by atoms with van der Waals surface area (Å²) in [6.45, 7) is 3.71. The summed E-state index contributed by atoms with van der Waals surface area (Å²) in [5.41, 5.74) is 13.8. The Hall–Kier alpha value is -4.97. The van der Waals surface area contributed by atoms with Crippen molar-refractivity contribution in [2.75, 3.05) is 35.4 Å². The smallest absolute Gasteiger partial charge is 0.323 e. The highest BCUT2D eigenvalue weighted by Gasteiger charge is 2.09. The molecular weight excluding hydrogens is 512 g/mol. The number of amidine groups is 1. The Labute approximate surface area is 232 Å². The number of nitrogens with one attached hydrogen (secondary N) is 7. The number of rotatable bonds is 7. The highest BCUT2D eigenvalue weighted by atomic mass is 32.1. The second-order valence-electron chi connectivity index (χ2n) is 8.39. The van der Waals surface area contributed by atoms with Crippen molar-refractivity contribution in [3.05, 3.63) is 83.4 Å². The zero-order chi connectivity index (χ0) is 28.4. The van der Waals surface area contributed by atoms with E-state index in [1.54, 1.807) is 14.0 Å². The molecule has 0 saturated heterocycles. The van der Waals surface area contributed by atoms with Crippen molar-refractivity contribution >= 4 is 63.6 Å². The summed E-state index contributed by atoms with van der Waals surface area (Å²) in [5, 5.41) is 26.7. The number of aliphatic imine (C=N–C) groups is 1. The molecule has 0 radical (unpaired) electrons. The van der Waals surface area contributed by atoms with Crippen LogP contribution in [0.1, 0.15) is 23.6 Å². The first kappa shape index (κ1) is 28.6. The van der Waals surface area contributed by atoms with Crippen LogP contribution in [0, 0.1) is 12.3 Å². The van der Waals surface area contributed by atoms with Crippen molar-refractivity contribution in [1.29, 1.82) is 5.41 Å². The Bertz CT molecular complexity index is 1420. The van der Waals surface area contributed by atoms with Gasteiger partial charge >= 0.3 is 6.03 Å². The minimum Gasteiger partial charge on any atom is -0.373 e. The topological polar surface area (TPSA) is 164 Å². The predicted molar refractivity (Wildman–Crippen MR) is 165 cm³/mol. The van der Waals surface area contributed by atoms with Crippen LogP contribution < -0.4 is 37.7 Å². The normalized spacial score (nSPS) is 11.3. The highest BCUT2D eigenvalue weighted by Crippen LogP contribution is 2.21. The van der Waals surface area contributed by atoms with E-state index in [0.717, 1.165) is 28.2 Å². The molecule has 9 N–H and O–H groups in total. The van der Waals surface area contributed by atoms with Crippen LogP contribution in [0.2, 0.25) is 0 Å². The van der Waals surface area contributed by atoms with Gasteiger partial charge in [0.1, 0.15) is 5.84 Å². The molecule has 0 aliphatic carbocycles. The molecule has 0 bridgehead atoms. The van der Waals surface area contributed by atoms with Crippen molar-refractivity contribution in [3.8, 4) is 0 Å². The summed E-state index contributed by atoms with van der Waals surface area (Å²) in [6, 6.07) is 20.1. The van der Waals surface area contributed by atoms with Crippen molar-refractivity contribution in [2.24, 2.45) is 15.8 Å². The molecule has 0 unspecified atom stereocenters. The number of hydrazone groups is 1. The number of urea groups is 1. The molecule has 11 nitrogen and oxygen atoms in total. The van der Waals surface area contributed by atoms with Gasteiger partial charge in [-0.2, -0.15) is 5.10 Å². The number of aryl methyl sites for hydroxylation is 1. The van der Waals surface area contributed by atoms with Gasteiger partial charge in [0.15, 0.2) is 5.11 Å². The number of carbonyl (C=O) groups excluding carboxylic acids is 1. The number of guanidine groups is 1. The molecule has 3 aromatic rings. The van der Waals surface area contributed by atoms with Crippen LogP contribution in [0.4, 0.5) is 27.5 Å². The fourth-order valence-corrected chi connectivity index (χ4v) is 3.78. The van der Waals surface area contributed by atoms with Gasteiger partial charge in [-0.1, -0.05) is 18.2 Å². The van der Waals surface area contributed by atoms with Crippen LogP contribution in [0.3, 0.4) is 0 Å². The minimum atomic E-state index is -0.366. The van der Waals surface area contributed by atoms with Crippen molar-refractivity contribution in [3.63, 3.8) is 0 Å². The quantitative estimate of drug-likeness (QED) is 0.0953. The molecule has 3 aromatic carbocycles. The van der Waals surface area contributed by atoms with Gasteiger partial charge in [0.05, 0.1) is 5.71 Å². The number of anilines is 4. The second-order valence-corrected chi connectivity index (χ2v) is 8.80. The average molecular weight is 545 g/mol. The highest BCUT2D eigenvalue weighted by molar-refractivity contribution is 7.80. The molecule has 3 rings (SSSR count). The zero-order valence-corrected chi connectivity index (χ0v) is 23.0. The van der Waals surface area contributed by atoms with Crippen LogP contribution in [0.25, 0.3) is 0 Å². The van der Waals surface area contributed by atoms with Gasteiger partial charge in [-0.3, -0.25) is 10.4 Å². The van der Waals surface area contributed by atoms with E-state index in [2.05, 4.69) is 42.1 Å². The maximum Gasteiger partial charge on any atom is 0.323 e. The van der Waals surface area contributed by atoms with Crippen LogP contribution in [0.5, 0.6) is 0 Å². The largest absolute Gasteiger partial charge is 0.373 e. The molecule has 12 heteroatoms. The number of carbonyl (C=O) groups is 1. The minimum absolute atomic E-state index is 0.238. The number of hydrogen-bond acceptors (Lipinski definition) is 5. The standard InChI is InChI=1S/C27H32N10OS/c1-16-8-11-22(34-27(39)33-21-7-5-6-19(14-21)17(2)36-37-25(28)29)15-23(16)35-26(38)32-20-12-9-18(10-13-20)24(30-3)31-4/h5-15H,1-4H3,(H,30,31)(H4,28,29,37)(H2,32,35,38)(H2,33,34,39)/b36-17+. The third-order valence-corrected chi connectivity index (χ3v) is 5.71. The number of benzene rings is 3. The maximum atomic E-state index is 12.7. The van der Waals surface area contributed by atoms with E-state index in [1.165, 1.54) is 0 Å². The molecule has 0 aromatic heterocycles. The third-order valence-electron chi connectivity index (χ3n) is 5.50. The molecule has 0 aliphatic rings. The van der Waals surface area contributed by atoms with E-state index in [1.807, 2.05) is 80.7 Å². The van der Waals surface area contributed by atoms with E-state index in [9.17, 15) is 4.79 Å². The fourth-order valence-electron chi connectivity index (χ4n) is 3.54. The fraction of sp³-hybridized carbons (Fsp3) is 0.148. The average Bonchev–Trinajstić information content (AvgIpc) is 2.91. The van der Waals surface area contributed by atoms with Gasteiger partial charge in [-0.25, -0.2) is 10.2 Å². The maximum absolute atomic E-state index is 12.7.